The van der Waals surface area contributed by atoms with E-state index in [0.717, 1.165) is 12.8 Å². The summed E-state index contributed by atoms with van der Waals surface area (Å²) in [5.74, 6) is 0. The molecular weight excluding hydrogens is 120 g/mol. The second-order valence-corrected chi connectivity index (χ2v) is 2.33. The van der Waals surface area contributed by atoms with E-state index in [0.29, 0.717) is 6.42 Å². The molecule has 1 aliphatic rings. The van der Waals surface area contributed by atoms with E-state index < -0.39 is 6.29 Å². The SMILES string of the molecule is OC[C@@H]1CCC[C@@H](O)O1. The number of hydrogen-bond acceptors (Lipinski definition) is 3. The highest BCUT2D eigenvalue weighted by Gasteiger charge is 2.18. The summed E-state index contributed by atoms with van der Waals surface area (Å²) in [6, 6.07) is 0. The Kier molecular flexibility index (Phi) is 2.45. The Morgan fingerprint density at radius 3 is 2.67 bits per heavy atom. The van der Waals surface area contributed by atoms with Crippen molar-refractivity contribution in [3.63, 3.8) is 0 Å². The third-order valence-corrected chi connectivity index (χ3v) is 1.53. The van der Waals surface area contributed by atoms with Crippen molar-refractivity contribution in [2.24, 2.45) is 0 Å². The monoisotopic (exact) mass is 132 g/mol. The Balaban J connectivity index is 2.23. The van der Waals surface area contributed by atoms with E-state index in [1.807, 2.05) is 0 Å². The molecule has 0 aliphatic carbocycles. The number of rotatable bonds is 1. The van der Waals surface area contributed by atoms with Crippen LogP contribution in [-0.4, -0.2) is 29.2 Å². The van der Waals surface area contributed by atoms with Crippen molar-refractivity contribution in [2.45, 2.75) is 31.7 Å². The van der Waals surface area contributed by atoms with Crippen LogP contribution in [0.3, 0.4) is 0 Å². The minimum Gasteiger partial charge on any atom is -0.394 e. The van der Waals surface area contributed by atoms with E-state index in [2.05, 4.69) is 0 Å². The fraction of sp³-hybridized carbons (Fsp3) is 1.00. The molecule has 0 radical (unpaired) electrons. The van der Waals surface area contributed by atoms with Gasteiger partial charge in [0.15, 0.2) is 6.29 Å². The fourth-order valence-corrected chi connectivity index (χ4v) is 1.01. The zero-order valence-electron chi connectivity index (χ0n) is 5.29. The van der Waals surface area contributed by atoms with Gasteiger partial charge in [-0.2, -0.15) is 0 Å². The molecule has 54 valence electrons. The van der Waals surface area contributed by atoms with Crippen LogP contribution in [0.2, 0.25) is 0 Å². The predicted octanol–water partition coefficient (Wildman–Crippen LogP) is -0.134. The quantitative estimate of drug-likeness (QED) is 0.522. The molecule has 3 heteroatoms. The van der Waals surface area contributed by atoms with Gasteiger partial charge in [-0.3, -0.25) is 0 Å². The molecule has 1 heterocycles. The van der Waals surface area contributed by atoms with Gasteiger partial charge < -0.3 is 14.9 Å². The summed E-state index contributed by atoms with van der Waals surface area (Å²) < 4.78 is 4.94. The summed E-state index contributed by atoms with van der Waals surface area (Å²) >= 11 is 0. The van der Waals surface area contributed by atoms with E-state index in [4.69, 9.17) is 14.9 Å². The summed E-state index contributed by atoms with van der Waals surface area (Å²) in [7, 11) is 0. The maximum Gasteiger partial charge on any atom is 0.155 e. The van der Waals surface area contributed by atoms with Gasteiger partial charge in [-0.15, -0.1) is 0 Å². The number of aliphatic hydroxyl groups is 2. The molecule has 1 saturated heterocycles. The lowest BCUT2D eigenvalue weighted by Crippen LogP contribution is -2.29. The smallest absolute Gasteiger partial charge is 0.155 e. The third kappa shape index (κ3) is 1.93. The summed E-state index contributed by atoms with van der Waals surface area (Å²) in [5.41, 5.74) is 0. The first kappa shape index (κ1) is 6.99. The van der Waals surface area contributed by atoms with E-state index in [1.54, 1.807) is 0 Å². The van der Waals surface area contributed by atoms with Gasteiger partial charge >= 0.3 is 0 Å². The van der Waals surface area contributed by atoms with Gasteiger partial charge in [-0.1, -0.05) is 0 Å². The lowest BCUT2D eigenvalue weighted by molar-refractivity contribution is -0.172. The molecule has 1 rings (SSSR count). The fourth-order valence-electron chi connectivity index (χ4n) is 1.01. The Bertz CT molecular complexity index is 84.4. The van der Waals surface area contributed by atoms with Crippen LogP contribution in [0.15, 0.2) is 0 Å². The van der Waals surface area contributed by atoms with Crippen LogP contribution in [0, 0.1) is 0 Å². The van der Waals surface area contributed by atoms with Gasteiger partial charge in [0.2, 0.25) is 0 Å². The molecule has 0 aromatic carbocycles. The molecule has 1 aliphatic heterocycles. The van der Waals surface area contributed by atoms with Crippen LogP contribution in [-0.2, 0) is 4.74 Å². The van der Waals surface area contributed by atoms with Gasteiger partial charge in [0.25, 0.3) is 0 Å². The number of aliphatic hydroxyl groups excluding tert-OH is 2. The molecule has 0 bridgehead atoms. The van der Waals surface area contributed by atoms with Crippen molar-refractivity contribution >= 4 is 0 Å². The number of ether oxygens (including phenoxy) is 1. The molecule has 1 fully saturated rings. The van der Waals surface area contributed by atoms with Crippen LogP contribution in [0.25, 0.3) is 0 Å². The standard InChI is InChI=1S/C6H12O3/c7-4-5-2-1-3-6(8)9-5/h5-8H,1-4H2/t5-,6-/m0/s1. The lowest BCUT2D eigenvalue weighted by Gasteiger charge is -2.24. The molecule has 0 aromatic rings. The third-order valence-electron chi connectivity index (χ3n) is 1.53. The van der Waals surface area contributed by atoms with Crippen LogP contribution >= 0.6 is 0 Å². The molecule has 0 saturated carbocycles. The average Bonchev–Trinajstić information content (AvgIpc) is 1.88. The maximum atomic E-state index is 8.88. The first-order valence-electron chi connectivity index (χ1n) is 3.27. The van der Waals surface area contributed by atoms with Crippen LogP contribution < -0.4 is 0 Å². The highest BCUT2D eigenvalue weighted by atomic mass is 16.6. The molecular formula is C6H12O3. The Morgan fingerprint density at radius 2 is 2.22 bits per heavy atom. The molecule has 3 nitrogen and oxygen atoms in total. The minimum atomic E-state index is -0.643. The highest BCUT2D eigenvalue weighted by molar-refractivity contribution is 4.63. The molecule has 0 amide bonds. The normalized spacial score (nSPS) is 36.7. The summed E-state index contributed by atoms with van der Waals surface area (Å²) in [6.07, 6.45) is 1.75. The van der Waals surface area contributed by atoms with Gasteiger partial charge in [-0.25, -0.2) is 0 Å². The zero-order chi connectivity index (χ0) is 6.69. The first-order valence-corrected chi connectivity index (χ1v) is 3.27. The maximum absolute atomic E-state index is 8.88. The van der Waals surface area contributed by atoms with Crippen molar-refractivity contribution < 1.29 is 14.9 Å². The second kappa shape index (κ2) is 3.15. The van der Waals surface area contributed by atoms with Crippen molar-refractivity contribution in [1.82, 2.24) is 0 Å². The number of hydrogen-bond donors (Lipinski definition) is 2. The minimum absolute atomic E-state index is 0.0249. The Morgan fingerprint density at radius 1 is 1.44 bits per heavy atom. The Hall–Kier alpha value is -0.120. The first-order chi connectivity index (χ1) is 4.33. The summed E-state index contributed by atoms with van der Waals surface area (Å²) in [5, 5.41) is 17.5. The van der Waals surface area contributed by atoms with E-state index in [-0.39, 0.29) is 12.7 Å². The van der Waals surface area contributed by atoms with Crippen LogP contribution in [0.5, 0.6) is 0 Å². The van der Waals surface area contributed by atoms with Gasteiger partial charge in [-0.05, 0) is 19.3 Å². The summed E-state index contributed by atoms with van der Waals surface area (Å²) in [4.78, 5) is 0. The van der Waals surface area contributed by atoms with Crippen LogP contribution in [0.1, 0.15) is 19.3 Å². The van der Waals surface area contributed by atoms with Crippen molar-refractivity contribution in [3.8, 4) is 0 Å². The average molecular weight is 132 g/mol. The molecule has 2 N–H and O–H groups in total. The van der Waals surface area contributed by atoms with E-state index in [1.165, 1.54) is 0 Å². The molecule has 0 aromatic heterocycles. The predicted molar refractivity (Wildman–Crippen MR) is 31.8 cm³/mol. The van der Waals surface area contributed by atoms with Gasteiger partial charge in [0.05, 0.1) is 12.7 Å². The molecule has 9 heavy (non-hydrogen) atoms. The van der Waals surface area contributed by atoms with E-state index >= 15 is 0 Å². The van der Waals surface area contributed by atoms with Gasteiger partial charge in [0.1, 0.15) is 0 Å². The largest absolute Gasteiger partial charge is 0.394 e. The van der Waals surface area contributed by atoms with Crippen molar-refractivity contribution in [1.29, 1.82) is 0 Å². The van der Waals surface area contributed by atoms with Crippen LogP contribution in [0.4, 0.5) is 0 Å². The van der Waals surface area contributed by atoms with Crippen molar-refractivity contribution in [2.75, 3.05) is 6.61 Å². The molecule has 0 spiro atoms. The highest BCUT2D eigenvalue weighted by Crippen LogP contribution is 2.16. The molecule has 2 atom stereocenters. The summed E-state index contributed by atoms with van der Waals surface area (Å²) in [6.45, 7) is 0.0249. The Labute approximate surface area is 54.3 Å². The van der Waals surface area contributed by atoms with Crippen molar-refractivity contribution in [3.05, 3.63) is 0 Å². The van der Waals surface area contributed by atoms with E-state index in [9.17, 15) is 0 Å². The lowest BCUT2D eigenvalue weighted by atomic mass is 10.1. The zero-order valence-corrected chi connectivity index (χ0v) is 5.29. The van der Waals surface area contributed by atoms with Gasteiger partial charge in [0, 0.05) is 0 Å². The second-order valence-electron chi connectivity index (χ2n) is 2.33. The topological polar surface area (TPSA) is 49.7 Å². The molecule has 0 unspecified atom stereocenters.